The molecular weight excluding hydrogens is 210 g/mol. The number of hydrogen-bond donors (Lipinski definition) is 2. The fourth-order valence-corrected chi connectivity index (χ4v) is 2.67. The van der Waals surface area contributed by atoms with E-state index in [0.29, 0.717) is 6.42 Å². The van der Waals surface area contributed by atoms with E-state index in [4.69, 9.17) is 9.47 Å². The van der Waals surface area contributed by atoms with Crippen LogP contribution in [-0.4, -0.2) is 41.7 Å². The van der Waals surface area contributed by atoms with Crippen LogP contribution < -0.4 is 5.32 Å². The van der Waals surface area contributed by atoms with Crippen molar-refractivity contribution in [2.75, 3.05) is 6.61 Å². The molecule has 92 valence electrons. The first-order valence-electron chi connectivity index (χ1n) is 5.66. The first kappa shape index (κ1) is 11.8. The third-order valence-electron chi connectivity index (χ3n) is 3.20. The van der Waals surface area contributed by atoms with Gasteiger partial charge in [-0.25, -0.2) is 0 Å². The number of carbonyl (C=O) groups is 1. The van der Waals surface area contributed by atoms with Crippen LogP contribution in [-0.2, 0) is 14.3 Å². The highest BCUT2D eigenvalue weighted by atomic mass is 16.8. The normalized spacial score (nSPS) is 40.8. The largest absolute Gasteiger partial charge is 0.396 e. The second kappa shape index (κ2) is 3.98. The predicted molar refractivity (Wildman–Crippen MR) is 56.6 cm³/mol. The Morgan fingerprint density at radius 1 is 1.44 bits per heavy atom. The average molecular weight is 229 g/mol. The predicted octanol–water partition coefficient (Wildman–Crippen LogP) is 0.0234. The van der Waals surface area contributed by atoms with Crippen LogP contribution in [0.15, 0.2) is 0 Å². The Hall–Kier alpha value is -0.650. The zero-order valence-electron chi connectivity index (χ0n) is 9.90. The van der Waals surface area contributed by atoms with E-state index in [0.717, 1.165) is 0 Å². The van der Waals surface area contributed by atoms with Gasteiger partial charge < -0.3 is 19.9 Å². The van der Waals surface area contributed by atoms with Crippen LogP contribution in [0.5, 0.6) is 0 Å². The van der Waals surface area contributed by atoms with Crippen molar-refractivity contribution in [3.05, 3.63) is 0 Å². The molecule has 1 saturated heterocycles. The Balaban J connectivity index is 2.11. The molecule has 0 unspecified atom stereocenters. The second-order valence-corrected chi connectivity index (χ2v) is 5.05. The summed E-state index contributed by atoms with van der Waals surface area (Å²) in [6.45, 7) is 5.26. The third-order valence-corrected chi connectivity index (χ3v) is 3.20. The molecule has 1 saturated carbocycles. The SMILES string of the molecule is CC(=O)N[C@@H]1C[C@H](CO)[C@H]2OC(C)(C)O[C@H]21. The maximum atomic E-state index is 11.1. The summed E-state index contributed by atoms with van der Waals surface area (Å²) >= 11 is 0. The molecule has 5 heteroatoms. The quantitative estimate of drug-likeness (QED) is 0.700. The molecule has 0 spiro atoms. The Labute approximate surface area is 95.1 Å². The number of carbonyl (C=O) groups excluding carboxylic acids is 1. The van der Waals surface area contributed by atoms with Crippen molar-refractivity contribution in [2.45, 2.75) is 51.2 Å². The summed E-state index contributed by atoms with van der Waals surface area (Å²) in [5.74, 6) is -0.654. The van der Waals surface area contributed by atoms with Crippen molar-refractivity contribution in [2.24, 2.45) is 5.92 Å². The van der Waals surface area contributed by atoms with Crippen LogP contribution in [0.4, 0.5) is 0 Å². The lowest BCUT2D eigenvalue weighted by Crippen LogP contribution is -2.41. The third kappa shape index (κ3) is 2.07. The summed E-state index contributed by atoms with van der Waals surface area (Å²) in [4.78, 5) is 11.1. The summed E-state index contributed by atoms with van der Waals surface area (Å²) in [5.41, 5.74) is 0. The molecule has 0 radical (unpaired) electrons. The van der Waals surface area contributed by atoms with Gasteiger partial charge in [-0.3, -0.25) is 4.79 Å². The Morgan fingerprint density at radius 3 is 2.62 bits per heavy atom. The molecule has 1 amide bonds. The Bertz CT molecular complexity index is 292. The zero-order chi connectivity index (χ0) is 11.9. The van der Waals surface area contributed by atoms with Gasteiger partial charge in [0.25, 0.3) is 0 Å². The number of ether oxygens (including phenoxy) is 2. The minimum absolute atomic E-state index is 0.0450. The van der Waals surface area contributed by atoms with E-state index < -0.39 is 5.79 Å². The van der Waals surface area contributed by atoms with E-state index in [2.05, 4.69) is 5.32 Å². The van der Waals surface area contributed by atoms with Gasteiger partial charge >= 0.3 is 0 Å². The van der Waals surface area contributed by atoms with Crippen LogP contribution in [0, 0.1) is 5.92 Å². The van der Waals surface area contributed by atoms with Crippen LogP contribution in [0.25, 0.3) is 0 Å². The maximum absolute atomic E-state index is 11.1. The summed E-state index contributed by atoms with van der Waals surface area (Å²) < 4.78 is 11.5. The minimum atomic E-state index is -0.625. The van der Waals surface area contributed by atoms with Crippen molar-refractivity contribution in [3.63, 3.8) is 0 Å². The highest BCUT2D eigenvalue weighted by molar-refractivity contribution is 5.73. The molecule has 16 heavy (non-hydrogen) atoms. The number of aliphatic hydroxyl groups excluding tert-OH is 1. The van der Waals surface area contributed by atoms with Crippen LogP contribution in [0.1, 0.15) is 27.2 Å². The topological polar surface area (TPSA) is 67.8 Å². The zero-order valence-corrected chi connectivity index (χ0v) is 9.90. The molecule has 2 fully saturated rings. The number of fused-ring (bicyclic) bond motifs is 1. The molecule has 2 rings (SSSR count). The van der Waals surface area contributed by atoms with Gasteiger partial charge in [0.15, 0.2) is 5.79 Å². The molecule has 1 heterocycles. The molecule has 0 aromatic rings. The summed E-state index contributed by atoms with van der Waals surface area (Å²) in [7, 11) is 0. The highest BCUT2D eigenvalue weighted by Gasteiger charge is 2.53. The lowest BCUT2D eigenvalue weighted by atomic mass is 10.1. The van der Waals surface area contributed by atoms with Crippen LogP contribution >= 0.6 is 0 Å². The van der Waals surface area contributed by atoms with Crippen LogP contribution in [0.3, 0.4) is 0 Å². The summed E-state index contributed by atoms with van der Waals surface area (Å²) in [6, 6.07) is -0.0542. The fourth-order valence-electron chi connectivity index (χ4n) is 2.67. The van der Waals surface area contributed by atoms with E-state index in [-0.39, 0.29) is 36.7 Å². The Kier molecular flexibility index (Phi) is 2.94. The molecule has 0 aromatic heterocycles. The molecular formula is C11H19NO4. The molecule has 1 aliphatic carbocycles. The maximum Gasteiger partial charge on any atom is 0.217 e. The van der Waals surface area contributed by atoms with Crippen molar-refractivity contribution < 1.29 is 19.4 Å². The van der Waals surface area contributed by atoms with E-state index in [9.17, 15) is 9.90 Å². The Morgan fingerprint density at radius 2 is 2.06 bits per heavy atom. The average Bonchev–Trinajstić information content (AvgIpc) is 2.60. The summed E-state index contributed by atoms with van der Waals surface area (Å²) in [6.07, 6.45) is 0.453. The highest BCUT2D eigenvalue weighted by Crippen LogP contribution is 2.41. The van der Waals surface area contributed by atoms with Gasteiger partial charge in [-0.05, 0) is 20.3 Å². The minimum Gasteiger partial charge on any atom is -0.396 e. The number of rotatable bonds is 2. The van der Waals surface area contributed by atoms with E-state index in [1.54, 1.807) is 0 Å². The number of aliphatic hydroxyl groups is 1. The van der Waals surface area contributed by atoms with Gasteiger partial charge in [-0.15, -0.1) is 0 Å². The van der Waals surface area contributed by atoms with Crippen molar-refractivity contribution >= 4 is 5.91 Å². The smallest absolute Gasteiger partial charge is 0.217 e. The van der Waals surface area contributed by atoms with Gasteiger partial charge in [-0.2, -0.15) is 0 Å². The van der Waals surface area contributed by atoms with E-state index in [1.807, 2.05) is 13.8 Å². The fraction of sp³-hybridized carbons (Fsp3) is 0.909. The molecule has 0 bridgehead atoms. The van der Waals surface area contributed by atoms with Crippen molar-refractivity contribution in [1.29, 1.82) is 0 Å². The first-order chi connectivity index (χ1) is 7.43. The number of hydrogen-bond acceptors (Lipinski definition) is 4. The number of nitrogens with one attached hydrogen (secondary N) is 1. The van der Waals surface area contributed by atoms with E-state index in [1.165, 1.54) is 6.92 Å². The lowest BCUT2D eigenvalue weighted by Gasteiger charge is -2.23. The monoisotopic (exact) mass is 229 g/mol. The van der Waals surface area contributed by atoms with Crippen LogP contribution in [0.2, 0.25) is 0 Å². The van der Waals surface area contributed by atoms with Gasteiger partial charge in [0.2, 0.25) is 5.91 Å². The molecule has 2 aliphatic rings. The summed E-state index contributed by atoms with van der Waals surface area (Å²) in [5, 5.41) is 12.1. The first-order valence-corrected chi connectivity index (χ1v) is 5.66. The van der Waals surface area contributed by atoms with Gasteiger partial charge in [0, 0.05) is 19.4 Å². The molecule has 0 aromatic carbocycles. The number of amides is 1. The molecule has 4 atom stereocenters. The molecule has 2 N–H and O–H groups in total. The second-order valence-electron chi connectivity index (χ2n) is 5.05. The molecule has 1 aliphatic heterocycles. The lowest BCUT2D eigenvalue weighted by molar-refractivity contribution is -0.161. The van der Waals surface area contributed by atoms with Crippen molar-refractivity contribution in [3.8, 4) is 0 Å². The van der Waals surface area contributed by atoms with Gasteiger partial charge in [0.05, 0.1) is 12.1 Å². The van der Waals surface area contributed by atoms with E-state index >= 15 is 0 Å². The van der Waals surface area contributed by atoms with Gasteiger partial charge in [-0.1, -0.05) is 0 Å². The van der Waals surface area contributed by atoms with Crippen molar-refractivity contribution in [1.82, 2.24) is 5.32 Å². The standard InChI is InChI=1S/C11H19NO4/c1-6(14)12-8-4-7(5-13)9-10(8)16-11(2,3)15-9/h7-10,13H,4-5H2,1-3H3,(H,12,14)/t7-,8-,9-,10+/m1/s1. The molecule has 5 nitrogen and oxygen atoms in total. The van der Waals surface area contributed by atoms with Gasteiger partial charge in [0.1, 0.15) is 6.10 Å².